The molecule has 15 heavy (non-hydrogen) atoms. The van der Waals surface area contributed by atoms with Crippen molar-refractivity contribution in [1.82, 2.24) is 0 Å². The molecule has 0 radical (unpaired) electrons. The van der Waals surface area contributed by atoms with Crippen LogP contribution in [-0.4, -0.2) is 12.2 Å². The number of ether oxygens (including phenoxy) is 2. The number of hydrogen-bond donors (Lipinski definition) is 0. The summed E-state index contributed by atoms with van der Waals surface area (Å²) in [6.07, 6.45) is 0.341. The topological polar surface area (TPSA) is 18.5 Å². The summed E-state index contributed by atoms with van der Waals surface area (Å²) < 4.78 is 12.2. The van der Waals surface area contributed by atoms with Crippen LogP contribution in [-0.2, 0) is 0 Å². The van der Waals surface area contributed by atoms with E-state index in [1.807, 2.05) is 45.9 Å². The largest absolute Gasteiger partial charge is 0.491 e. The second-order valence-electron chi connectivity index (χ2n) is 3.93. The van der Waals surface area contributed by atoms with Crippen LogP contribution in [0, 0.1) is 0 Å². The van der Waals surface area contributed by atoms with Crippen LogP contribution in [0.3, 0.4) is 0 Å². The first-order chi connectivity index (χ1) is 6.99. The minimum atomic E-state index is 0.163. The third-order valence-corrected chi connectivity index (χ3v) is 2.29. The Kier molecular flexibility index (Phi) is 4.45. The molecule has 0 unspecified atom stereocenters. The van der Waals surface area contributed by atoms with Crippen LogP contribution in [0.1, 0.15) is 27.7 Å². The summed E-state index contributed by atoms with van der Waals surface area (Å²) in [7, 11) is 0. The Labute approximate surface area is 99.7 Å². The number of rotatable bonds is 4. The lowest BCUT2D eigenvalue weighted by Crippen LogP contribution is -2.08. The highest BCUT2D eigenvalue weighted by Gasteiger charge is 2.06. The molecule has 0 aliphatic rings. The smallest absolute Gasteiger partial charge is 0.137 e. The fraction of sp³-hybridized carbons (Fsp3) is 0.500. The van der Waals surface area contributed by atoms with E-state index in [0.29, 0.717) is 0 Å². The molecular weight excluding hydrogens is 256 g/mol. The molecule has 0 amide bonds. The molecule has 1 aromatic carbocycles. The maximum atomic E-state index is 5.64. The predicted octanol–water partition coefficient (Wildman–Crippen LogP) is 4.02. The zero-order valence-electron chi connectivity index (χ0n) is 9.58. The molecule has 0 atom stereocenters. The average Bonchev–Trinajstić information content (AvgIpc) is 2.09. The molecule has 0 aliphatic carbocycles. The first-order valence-electron chi connectivity index (χ1n) is 5.12. The van der Waals surface area contributed by atoms with Gasteiger partial charge < -0.3 is 9.47 Å². The highest BCUT2D eigenvalue weighted by Crippen LogP contribution is 2.30. The zero-order valence-corrected chi connectivity index (χ0v) is 11.2. The lowest BCUT2D eigenvalue weighted by atomic mass is 10.3. The normalized spacial score (nSPS) is 10.9. The summed E-state index contributed by atoms with van der Waals surface area (Å²) in [5, 5.41) is 0. The molecule has 0 fully saturated rings. The van der Waals surface area contributed by atoms with Gasteiger partial charge in [-0.1, -0.05) is 0 Å². The van der Waals surface area contributed by atoms with Gasteiger partial charge in [0.2, 0.25) is 0 Å². The molecule has 1 aromatic rings. The predicted molar refractivity (Wildman–Crippen MR) is 65.7 cm³/mol. The van der Waals surface area contributed by atoms with E-state index < -0.39 is 0 Å². The van der Waals surface area contributed by atoms with Crippen molar-refractivity contribution in [3.05, 3.63) is 22.7 Å². The number of benzene rings is 1. The van der Waals surface area contributed by atoms with Crippen molar-refractivity contribution in [3.63, 3.8) is 0 Å². The molecule has 0 aliphatic heterocycles. The van der Waals surface area contributed by atoms with Crippen molar-refractivity contribution >= 4 is 15.9 Å². The molecule has 0 heterocycles. The third-order valence-electron chi connectivity index (χ3n) is 1.64. The Balaban J connectivity index is 2.85. The minimum Gasteiger partial charge on any atom is -0.491 e. The molecule has 0 spiro atoms. The van der Waals surface area contributed by atoms with Gasteiger partial charge in [-0.05, 0) is 55.8 Å². The van der Waals surface area contributed by atoms with Gasteiger partial charge in [0.25, 0.3) is 0 Å². The maximum absolute atomic E-state index is 5.64. The Morgan fingerprint density at radius 3 is 2.13 bits per heavy atom. The monoisotopic (exact) mass is 272 g/mol. The van der Waals surface area contributed by atoms with Gasteiger partial charge in [-0.2, -0.15) is 0 Å². The first kappa shape index (κ1) is 12.4. The first-order valence-corrected chi connectivity index (χ1v) is 5.91. The molecule has 0 aromatic heterocycles. The van der Waals surface area contributed by atoms with Gasteiger partial charge in [-0.25, -0.2) is 0 Å². The summed E-state index contributed by atoms with van der Waals surface area (Å²) >= 11 is 3.44. The van der Waals surface area contributed by atoms with Crippen LogP contribution in [0.2, 0.25) is 0 Å². The Hall–Kier alpha value is -0.700. The van der Waals surface area contributed by atoms with Crippen LogP contribution in [0.25, 0.3) is 0 Å². The van der Waals surface area contributed by atoms with Crippen molar-refractivity contribution < 1.29 is 9.47 Å². The average molecular weight is 273 g/mol. The van der Waals surface area contributed by atoms with Gasteiger partial charge in [0.05, 0.1) is 16.7 Å². The number of halogens is 1. The Bertz CT molecular complexity index is 321. The van der Waals surface area contributed by atoms with Crippen molar-refractivity contribution in [2.75, 3.05) is 0 Å². The lowest BCUT2D eigenvalue weighted by Gasteiger charge is -2.14. The Morgan fingerprint density at radius 2 is 1.60 bits per heavy atom. The maximum Gasteiger partial charge on any atom is 0.137 e. The highest BCUT2D eigenvalue weighted by molar-refractivity contribution is 9.10. The molecule has 1 rings (SSSR count). The van der Waals surface area contributed by atoms with Crippen molar-refractivity contribution in [3.8, 4) is 11.5 Å². The van der Waals surface area contributed by atoms with Crippen LogP contribution in [0.15, 0.2) is 22.7 Å². The summed E-state index contributed by atoms with van der Waals surface area (Å²) in [5.74, 6) is 1.66. The molecular formula is C12H17BrO2. The standard InChI is InChI=1S/C12H17BrO2/c1-8(2)14-10-5-6-11(13)12(7-10)15-9(3)4/h5-9H,1-4H3. The van der Waals surface area contributed by atoms with Gasteiger partial charge in [0, 0.05) is 6.07 Å². The molecule has 0 saturated carbocycles. The summed E-state index contributed by atoms with van der Waals surface area (Å²) in [5.41, 5.74) is 0. The van der Waals surface area contributed by atoms with Crippen molar-refractivity contribution in [1.29, 1.82) is 0 Å². The van der Waals surface area contributed by atoms with E-state index in [1.54, 1.807) is 0 Å². The molecule has 0 N–H and O–H groups in total. The molecule has 0 bridgehead atoms. The van der Waals surface area contributed by atoms with E-state index >= 15 is 0 Å². The van der Waals surface area contributed by atoms with E-state index in [1.165, 1.54) is 0 Å². The van der Waals surface area contributed by atoms with Crippen molar-refractivity contribution in [2.45, 2.75) is 39.9 Å². The number of hydrogen-bond acceptors (Lipinski definition) is 2. The van der Waals surface area contributed by atoms with Crippen molar-refractivity contribution in [2.24, 2.45) is 0 Å². The van der Waals surface area contributed by atoms with E-state index in [9.17, 15) is 0 Å². The molecule has 0 saturated heterocycles. The summed E-state index contributed by atoms with van der Waals surface area (Å²) in [6, 6.07) is 5.77. The highest BCUT2D eigenvalue weighted by atomic mass is 79.9. The molecule has 2 nitrogen and oxygen atoms in total. The van der Waals surface area contributed by atoms with E-state index in [2.05, 4.69) is 15.9 Å². The quantitative estimate of drug-likeness (QED) is 0.824. The molecule has 3 heteroatoms. The molecule has 84 valence electrons. The van der Waals surface area contributed by atoms with Crippen LogP contribution in [0.5, 0.6) is 11.5 Å². The van der Waals surface area contributed by atoms with E-state index in [-0.39, 0.29) is 12.2 Å². The fourth-order valence-electron chi connectivity index (χ4n) is 1.17. The van der Waals surface area contributed by atoms with Gasteiger partial charge in [0.15, 0.2) is 0 Å². The third kappa shape index (κ3) is 4.12. The lowest BCUT2D eigenvalue weighted by molar-refractivity contribution is 0.228. The summed E-state index contributed by atoms with van der Waals surface area (Å²) in [4.78, 5) is 0. The van der Waals surface area contributed by atoms with Gasteiger partial charge in [-0.3, -0.25) is 0 Å². The summed E-state index contributed by atoms with van der Waals surface area (Å²) in [6.45, 7) is 8.01. The van der Waals surface area contributed by atoms with Crippen LogP contribution in [0.4, 0.5) is 0 Å². The second kappa shape index (κ2) is 5.40. The van der Waals surface area contributed by atoms with Crippen LogP contribution >= 0.6 is 15.9 Å². The Morgan fingerprint density at radius 1 is 1.00 bits per heavy atom. The van der Waals surface area contributed by atoms with Gasteiger partial charge >= 0.3 is 0 Å². The van der Waals surface area contributed by atoms with Gasteiger partial charge in [0.1, 0.15) is 11.5 Å². The van der Waals surface area contributed by atoms with Crippen LogP contribution < -0.4 is 9.47 Å². The second-order valence-corrected chi connectivity index (χ2v) is 4.78. The fourth-order valence-corrected chi connectivity index (χ4v) is 1.51. The SMILES string of the molecule is CC(C)Oc1ccc(Br)c(OC(C)C)c1. The minimum absolute atomic E-state index is 0.163. The van der Waals surface area contributed by atoms with E-state index in [0.717, 1.165) is 16.0 Å². The van der Waals surface area contributed by atoms with E-state index in [4.69, 9.17) is 9.47 Å². The zero-order chi connectivity index (χ0) is 11.4. The van der Waals surface area contributed by atoms with Gasteiger partial charge in [-0.15, -0.1) is 0 Å².